The van der Waals surface area contributed by atoms with Gasteiger partial charge >= 0.3 is 0 Å². The van der Waals surface area contributed by atoms with E-state index in [1.165, 1.54) is 0 Å². The Hall–Kier alpha value is -1.91. The van der Waals surface area contributed by atoms with Gasteiger partial charge in [-0.25, -0.2) is 0 Å². The molecule has 1 aliphatic heterocycles. The second-order valence-electron chi connectivity index (χ2n) is 5.58. The van der Waals surface area contributed by atoms with Gasteiger partial charge in [-0.1, -0.05) is 23.7 Å². The minimum absolute atomic E-state index is 0.0386. The van der Waals surface area contributed by atoms with E-state index in [1.807, 2.05) is 35.2 Å². The minimum atomic E-state index is 0.0386. The molecule has 114 valence electrons. The molecule has 0 saturated carbocycles. The van der Waals surface area contributed by atoms with Gasteiger partial charge in [-0.05, 0) is 30.7 Å². The lowest BCUT2D eigenvalue weighted by atomic mass is 10.1. The van der Waals surface area contributed by atoms with E-state index in [0.29, 0.717) is 16.6 Å². The van der Waals surface area contributed by atoms with E-state index < -0.39 is 0 Å². The molecule has 0 radical (unpaired) electrons. The largest absolute Gasteiger partial charge is 0.336 e. The van der Waals surface area contributed by atoms with Gasteiger partial charge in [-0.2, -0.15) is 0 Å². The lowest BCUT2D eigenvalue weighted by Gasteiger charge is -2.31. The van der Waals surface area contributed by atoms with Crippen molar-refractivity contribution in [2.75, 3.05) is 19.6 Å². The highest BCUT2D eigenvalue weighted by molar-refractivity contribution is 6.30. The van der Waals surface area contributed by atoms with Crippen LogP contribution in [0.2, 0.25) is 5.02 Å². The molecule has 3 rings (SSSR count). The Morgan fingerprint density at radius 3 is 2.77 bits per heavy atom. The normalized spacial score (nSPS) is 18.3. The van der Waals surface area contributed by atoms with Crippen LogP contribution >= 0.6 is 11.6 Å². The molecule has 0 spiro atoms. The smallest absolute Gasteiger partial charge is 0.255 e. The molecule has 0 bridgehead atoms. The Balaban J connectivity index is 1.84. The summed E-state index contributed by atoms with van der Waals surface area (Å²) in [6.45, 7) is 4.37. The van der Waals surface area contributed by atoms with Gasteiger partial charge in [0.15, 0.2) is 0 Å². The Kier molecular flexibility index (Phi) is 4.41. The van der Waals surface area contributed by atoms with Crippen LogP contribution in [0.4, 0.5) is 0 Å². The Morgan fingerprint density at radius 1 is 1.27 bits per heavy atom. The second kappa shape index (κ2) is 6.46. The third-order valence-electron chi connectivity index (χ3n) is 3.82. The third kappa shape index (κ3) is 3.29. The lowest BCUT2D eigenvalue weighted by molar-refractivity contribution is 0.0708. The number of benzene rings is 1. The maximum Gasteiger partial charge on any atom is 0.255 e. The van der Waals surface area contributed by atoms with E-state index in [-0.39, 0.29) is 5.91 Å². The highest BCUT2D eigenvalue weighted by atomic mass is 35.5. The Bertz CT molecular complexity index is 672. The molecule has 2 heterocycles. The average Bonchev–Trinajstić information content (AvgIpc) is 2.55. The topological polar surface area (TPSA) is 45.2 Å². The average molecular weight is 316 g/mol. The van der Waals surface area contributed by atoms with Crippen molar-refractivity contribution in [3.05, 3.63) is 53.3 Å². The summed E-state index contributed by atoms with van der Waals surface area (Å²) in [4.78, 5) is 18.7. The SMILES string of the molecule is CC1CN(C(=O)c2cncc(-c3ccc(Cl)cc3)c2)CCN1. The molecule has 1 amide bonds. The van der Waals surface area contributed by atoms with Crippen molar-refractivity contribution in [1.29, 1.82) is 0 Å². The summed E-state index contributed by atoms with van der Waals surface area (Å²) in [5, 5.41) is 4.03. The van der Waals surface area contributed by atoms with Gasteiger partial charge in [0, 0.05) is 48.7 Å². The van der Waals surface area contributed by atoms with E-state index in [9.17, 15) is 4.79 Å². The van der Waals surface area contributed by atoms with Gasteiger partial charge in [0.25, 0.3) is 5.91 Å². The molecule has 1 atom stereocenters. The zero-order valence-electron chi connectivity index (χ0n) is 12.4. The van der Waals surface area contributed by atoms with E-state index in [0.717, 1.165) is 30.8 Å². The molecule has 2 aromatic rings. The number of aromatic nitrogens is 1. The maximum atomic E-state index is 12.6. The van der Waals surface area contributed by atoms with E-state index >= 15 is 0 Å². The summed E-state index contributed by atoms with van der Waals surface area (Å²) >= 11 is 5.91. The number of carbonyl (C=O) groups is 1. The Labute approximate surface area is 135 Å². The zero-order valence-corrected chi connectivity index (χ0v) is 13.2. The molecule has 1 aliphatic rings. The highest BCUT2D eigenvalue weighted by Crippen LogP contribution is 2.22. The predicted octanol–water partition coefficient (Wildman–Crippen LogP) is 2.84. The number of piperazine rings is 1. The van der Waals surface area contributed by atoms with Crippen LogP contribution in [0.5, 0.6) is 0 Å². The van der Waals surface area contributed by atoms with Crippen molar-refractivity contribution in [3.8, 4) is 11.1 Å². The van der Waals surface area contributed by atoms with Crippen molar-refractivity contribution in [2.24, 2.45) is 0 Å². The number of hydrogen-bond acceptors (Lipinski definition) is 3. The summed E-state index contributed by atoms with van der Waals surface area (Å²) in [6, 6.07) is 9.75. The fourth-order valence-electron chi connectivity index (χ4n) is 2.66. The van der Waals surface area contributed by atoms with Gasteiger partial charge in [0.2, 0.25) is 0 Å². The Morgan fingerprint density at radius 2 is 2.05 bits per heavy atom. The van der Waals surface area contributed by atoms with Crippen LogP contribution in [0.1, 0.15) is 17.3 Å². The number of halogens is 1. The number of amides is 1. The fourth-order valence-corrected chi connectivity index (χ4v) is 2.78. The molecule has 1 unspecified atom stereocenters. The van der Waals surface area contributed by atoms with Gasteiger partial charge in [0.1, 0.15) is 0 Å². The predicted molar refractivity (Wildman–Crippen MR) is 88.1 cm³/mol. The van der Waals surface area contributed by atoms with Gasteiger partial charge in [-0.15, -0.1) is 0 Å². The number of hydrogen-bond donors (Lipinski definition) is 1. The molecule has 5 heteroatoms. The number of rotatable bonds is 2. The number of pyridine rings is 1. The number of nitrogens with one attached hydrogen (secondary N) is 1. The summed E-state index contributed by atoms with van der Waals surface area (Å²) in [7, 11) is 0. The van der Waals surface area contributed by atoms with Crippen LogP contribution < -0.4 is 5.32 Å². The molecular formula is C17H18ClN3O. The summed E-state index contributed by atoms with van der Waals surface area (Å²) < 4.78 is 0. The summed E-state index contributed by atoms with van der Waals surface area (Å²) in [5.74, 6) is 0.0386. The highest BCUT2D eigenvalue weighted by Gasteiger charge is 2.22. The maximum absolute atomic E-state index is 12.6. The molecule has 1 fully saturated rings. The first-order valence-electron chi connectivity index (χ1n) is 7.37. The molecule has 4 nitrogen and oxygen atoms in total. The van der Waals surface area contributed by atoms with Crippen LogP contribution in [0, 0.1) is 0 Å². The second-order valence-corrected chi connectivity index (χ2v) is 6.01. The molecule has 1 N–H and O–H groups in total. The van der Waals surface area contributed by atoms with Crippen LogP contribution in [0.3, 0.4) is 0 Å². The molecule has 0 aliphatic carbocycles. The third-order valence-corrected chi connectivity index (χ3v) is 4.07. The van der Waals surface area contributed by atoms with Gasteiger partial charge in [-0.3, -0.25) is 9.78 Å². The zero-order chi connectivity index (χ0) is 15.5. The first-order chi connectivity index (χ1) is 10.6. The van der Waals surface area contributed by atoms with Crippen LogP contribution in [0.25, 0.3) is 11.1 Å². The molecule has 1 aromatic heterocycles. The molecule has 1 saturated heterocycles. The van der Waals surface area contributed by atoms with Crippen LogP contribution in [0.15, 0.2) is 42.7 Å². The van der Waals surface area contributed by atoms with Crippen molar-refractivity contribution >= 4 is 17.5 Å². The fraction of sp³-hybridized carbons (Fsp3) is 0.294. The number of nitrogens with zero attached hydrogens (tertiary/aromatic N) is 2. The van der Waals surface area contributed by atoms with Crippen molar-refractivity contribution in [1.82, 2.24) is 15.2 Å². The van der Waals surface area contributed by atoms with E-state index in [2.05, 4.69) is 17.2 Å². The van der Waals surface area contributed by atoms with Gasteiger partial charge in [0.05, 0.1) is 5.56 Å². The first kappa shape index (κ1) is 15.0. The van der Waals surface area contributed by atoms with Crippen molar-refractivity contribution < 1.29 is 4.79 Å². The first-order valence-corrected chi connectivity index (χ1v) is 7.75. The van der Waals surface area contributed by atoms with Gasteiger partial charge < -0.3 is 10.2 Å². The standard InChI is InChI=1S/C17H18ClN3O/c1-12-11-21(7-6-20-12)17(22)15-8-14(9-19-10-15)13-2-4-16(18)5-3-13/h2-5,8-10,12,20H,6-7,11H2,1H3. The quantitative estimate of drug-likeness (QED) is 0.927. The monoisotopic (exact) mass is 315 g/mol. The molecule has 22 heavy (non-hydrogen) atoms. The van der Waals surface area contributed by atoms with Crippen molar-refractivity contribution in [2.45, 2.75) is 13.0 Å². The van der Waals surface area contributed by atoms with Crippen LogP contribution in [-0.4, -0.2) is 41.5 Å². The van der Waals surface area contributed by atoms with Crippen LogP contribution in [-0.2, 0) is 0 Å². The molecule has 1 aromatic carbocycles. The van der Waals surface area contributed by atoms with Crippen molar-refractivity contribution in [3.63, 3.8) is 0 Å². The summed E-state index contributed by atoms with van der Waals surface area (Å²) in [5.41, 5.74) is 2.55. The number of carbonyl (C=O) groups excluding carboxylic acids is 1. The minimum Gasteiger partial charge on any atom is -0.336 e. The van der Waals surface area contributed by atoms with E-state index in [4.69, 9.17) is 11.6 Å². The summed E-state index contributed by atoms with van der Waals surface area (Å²) in [6.07, 6.45) is 3.40. The van der Waals surface area contributed by atoms with E-state index in [1.54, 1.807) is 12.4 Å². The lowest BCUT2D eigenvalue weighted by Crippen LogP contribution is -2.51. The molecular weight excluding hydrogens is 298 g/mol.